The van der Waals surface area contributed by atoms with Crippen molar-refractivity contribution in [2.24, 2.45) is 23.7 Å². The lowest BCUT2D eigenvalue weighted by Crippen LogP contribution is -2.21. The maximum atomic E-state index is 12.4. The molecule has 1 N–H and O–H groups in total. The number of carbonyl (C=O) groups excluding carboxylic acids is 2. The minimum Gasteiger partial charge on any atom is -0.457 e. The van der Waals surface area contributed by atoms with Crippen LogP contribution in [0, 0.1) is 23.7 Å². The molecule has 4 nitrogen and oxygen atoms in total. The first-order valence-electron chi connectivity index (χ1n) is 11.2. The van der Waals surface area contributed by atoms with Gasteiger partial charge in [0.2, 0.25) is 0 Å². The molecule has 0 saturated carbocycles. The van der Waals surface area contributed by atoms with Crippen LogP contribution in [0.1, 0.15) is 67.7 Å². The number of esters is 1. The van der Waals surface area contributed by atoms with Gasteiger partial charge in [0.15, 0.2) is 0 Å². The highest BCUT2D eigenvalue weighted by atomic mass is 16.6. The van der Waals surface area contributed by atoms with E-state index < -0.39 is 12.0 Å². The van der Waals surface area contributed by atoms with Crippen molar-refractivity contribution in [1.29, 1.82) is 0 Å². The fourth-order valence-electron chi connectivity index (χ4n) is 3.55. The Labute approximate surface area is 182 Å². The molecule has 1 fully saturated rings. The maximum absolute atomic E-state index is 12.4. The smallest absolute Gasteiger partial charge is 0.313 e. The van der Waals surface area contributed by atoms with Crippen LogP contribution in [-0.4, -0.2) is 29.1 Å². The van der Waals surface area contributed by atoms with E-state index in [0.717, 1.165) is 11.1 Å². The van der Waals surface area contributed by atoms with Crippen molar-refractivity contribution in [3.8, 4) is 0 Å². The van der Waals surface area contributed by atoms with E-state index in [1.165, 1.54) is 26.2 Å². The zero-order valence-corrected chi connectivity index (χ0v) is 19.7. The molecular formula is C26H40O4. The number of cyclic esters (lactones) is 1. The summed E-state index contributed by atoms with van der Waals surface area (Å²) in [5, 5.41) is 10.0. The van der Waals surface area contributed by atoms with E-state index in [9.17, 15) is 14.7 Å². The molecule has 0 bridgehead atoms. The van der Waals surface area contributed by atoms with Crippen LogP contribution in [0.25, 0.3) is 0 Å². The molecule has 1 rings (SSSR count). The fraction of sp³-hybridized carbons (Fsp3) is 0.615. The molecule has 0 aromatic heterocycles. The zero-order chi connectivity index (χ0) is 22.8. The van der Waals surface area contributed by atoms with E-state index in [2.05, 4.69) is 32.1 Å². The Morgan fingerprint density at radius 3 is 2.47 bits per heavy atom. The van der Waals surface area contributed by atoms with Gasteiger partial charge in [-0.05, 0) is 38.7 Å². The highest BCUT2D eigenvalue weighted by Gasteiger charge is 2.41. The van der Waals surface area contributed by atoms with Gasteiger partial charge in [-0.1, -0.05) is 82.6 Å². The lowest BCUT2D eigenvalue weighted by Gasteiger charge is -2.16. The molecule has 0 aromatic rings. The summed E-state index contributed by atoms with van der Waals surface area (Å²) in [5.74, 6) is -0.461. The number of aliphatic hydroxyl groups is 1. The molecule has 0 radical (unpaired) electrons. The molecule has 0 unspecified atom stereocenters. The van der Waals surface area contributed by atoms with E-state index in [1.807, 2.05) is 26.8 Å². The lowest BCUT2D eigenvalue weighted by molar-refractivity contribution is -0.142. The topological polar surface area (TPSA) is 63.6 Å². The van der Waals surface area contributed by atoms with Gasteiger partial charge in [-0.25, -0.2) is 0 Å². The first kappa shape index (κ1) is 26.1. The first-order chi connectivity index (χ1) is 14.1. The van der Waals surface area contributed by atoms with Gasteiger partial charge in [0, 0.05) is 11.8 Å². The van der Waals surface area contributed by atoms with Gasteiger partial charge in [-0.15, -0.1) is 0 Å². The quantitative estimate of drug-likeness (QED) is 0.353. The molecule has 0 aliphatic carbocycles. The minimum atomic E-state index is -0.830. The van der Waals surface area contributed by atoms with Gasteiger partial charge in [0.25, 0.3) is 0 Å². The van der Waals surface area contributed by atoms with Crippen LogP contribution in [0.4, 0.5) is 0 Å². The molecule has 0 aromatic carbocycles. The number of ketones is 1. The Kier molecular flexibility index (Phi) is 11.0. The van der Waals surface area contributed by atoms with Crippen LogP contribution in [0.3, 0.4) is 0 Å². The van der Waals surface area contributed by atoms with Crippen LogP contribution in [-0.2, 0) is 14.3 Å². The van der Waals surface area contributed by atoms with Gasteiger partial charge in [0.05, 0.1) is 12.0 Å². The van der Waals surface area contributed by atoms with Crippen LogP contribution >= 0.6 is 0 Å². The molecule has 1 aliphatic rings. The van der Waals surface area contributed by atoms with E-state index >= 15 is 0 Å². The third-order valence-electron chi connectivity index (χ3n) is 5.97. The van der Waals surface area contributed by atoms with E-state index in [1.54, 1.807) is 19.1 Å². The number of carbonyl (C=O) groups is 2. The van der Waals surface area contributed by atoms with Crippen LogP contribution in [0.5, 0.6) is 0 Å². The van der Waals surface area contributed by atoms with Gasteiger partial charge in [-0.3, -0.25) is 9.59 Å². The zero-order valence-electron chi connectivity index (χ0n) is 19.7. The monoisotopic (exact) mass is 416 g/mol. The third kappa shape index (κ3) is 8.06. The lowest BCUT2D eigenvalue weighted by atomic mass is 9.87. The van der Waals surface area contributed by atoms with Crippen molar-refractivity contribution < 1.29 is 19.4 Å². The maximum Gasteiger partial charge on any atom is 0.313 e. The molecule has 168 valence electrons. The van der Waals surface area contributed by atoms with Crippen LogP contribution in [0.2, 0.25) is 0 Å². The molecule has 4 heteroatoms. The highest BCUT2D eigenvalue weighted by molar-refractivity contribution is 5.79. The Morgan fingerprint density at radius 1 is 1.20 bits per heavy atom. The molecule has 1 saturated heterocycles. The molecule has 0 spiro atoms. The Bertz CT molecular complexity index is 698. The molecule has 0 amide bonds. The summed E-state index contributed by atoms with van der Waals surface area (Å²) in [5.41, 5.74) is 1.91. The Hall–Kier alpha value is -1.94. The van der Waals surface area contributed by atoms with E-state index in [-0.39, 0.29) is 29.7 Å². The number of hydrogen-bond acceptors (Lipinski definition) is 4. The van der Waals surface area contributed by atoms with Gasteiger partial charge in [-0.2, -0.15) is 0 Å². The summed E-state index contributed by atoms with van der Waals surface area (Å²) in [6, 6.07) is 0. The van der Waals surface area contributed by atoms with Crippen molar-refractivity contribution >= 4 is 11.8 Å². The minimum absolute atomic E-state index is 0.0316. The largest absolute Gasteiger partial charge is 0.457 e. The number of ether oxygens (including phenoxy) is 1. The second-order valence-corrected chi connectivity index (χ2v) is 8.82. The summed E-state index contributed by atoms with van der Waals surface area (Å²) < 4.78 is 5.66. The molecule has 1 aliphatic heterocycles. The normalized spacial score (nSPS) is 26.3. The number of rotatable bonds is 11. The average molecular weight is 417 g/mol. The van der Waals surface area contributed by atoms with Crippen molar-refractivity contribution in [3.05, 3.63) is 47.6 Å². The summed E-state index contributed by atoms with van der Waals surface area (Å²) in [6.07, 6.45) is 14.2. The van der Waals surface area contributed by atoms with Crippen molar-refractivity contribution in [1.82, 2.24) is 0 Å². The number of allylic oxidation sites excluding steroid dienone is 5. The van der Waals surface area contributed by atoms with Gasteiger partial charge in [0.1, 0.15) is 11.9 Å². The standard InChI is InChI=1S/C26H40O4/c1-8-9-11-17(2)12-10-13-19(4)25-21(6)23(26(29)30-25)16-18(3)14-15-24(28)20(5)22(7)27/h10,12-17,20-21,23-25,28H,8-9,11H2,1-7H3/b12-10?,15-14+,18-16+,19-13+/t17-,20+,21+,23+,24+,25-/m1/s1. The number of Topliss-reactive ketones (excluding diaryl/α,β-unsaturated/α-hetero) is 1. The summed E-state index contributed by atoms with van der Waals surface area (Å²) in [6.45, 7) is 13.5. The Morgan fingerprint density at radius 2 is 1.87 bits per heavy atom. The van der Waals surface area contributed by atoms with Crippen LogP contribution in [0.15, 0.2) is 47.6 Å². The summed E-state index contributed by atoms with van der Waals surface area (Å²) in [4.78, 5) is 23.8. The fourth-order valence-corrected chi connectivity index (χ4v) is 3.55. The second kappa shape index (κ2) is 12.7. The predicted molar refractivity (Wildman–Crippen MR) is 123 cm³/mol. The van der Waals surface area contributed by atoms with Gasteiger partial charge < -0.3 is 9.84 Å². The predicted octanol–water partition coefficient (Wildman–Crippen LogP) is 5.58. The SMILES string of the molecule is CCCC[C@@H](C)C=C/C=C(\C)[C@H]1OC(=O)[C@@H](/C=C(C)/C=C/[C@H](O)[C@@H](C)C(C)=O)[C@@H]1C. The van der Waals surface area contributed by atoms with Crippen molar-refractivity contribution in [3.63, 3.8) is 0 Å². The third-order valence-corrected chi connectivity index (χ3v) is 5.97. The van der Waals surface area contributed by atoms with Crippen molar-refractivity contribution in [2.45, 2.75) is 79.9 Å². The number of hydrogen-bond donors (Lipinski definition) is 1. The summed E-state index contributed by atoms with van der Waals surface area (Å²) >= 11 is 0. The average Bonchev–Trinajstić information content (AvgIpc) is 2.97. The van der Waals surface area contributed by atoms with E-state index in [4.69, 9.17) is 4.74 Å². The second-order valence-electron chi connectivity index (χ2n) is 8.82. The van der Waals surface area contributed by atoms with Crippen molar-refractivity contribution in [2.75, 3.05) is 0 Å². The number of unbranched alkanes of at least 4 members (excludes halogenated alkanes) is 1. The molecule has 6 atom stereocenters. The summed E-state index contributed by atoms with van der Waals surface area (Å²) in [7, 11) is 0. The molecule has 1 heterocycles. The molecular weight excluding hydrogens is 376 g/mol. The highest BCUT2D eigenvalue weighted by Crippen LogP contribution is 2.34. The number of aliphatic hydroxyl groups excluding tert-OH is 1. The van der Waals surface area contributed by atoms with E-state index in [0.29, 0.717) is 5.92 Å². The Balaban J connectivity index is 2.78. The first-order valence-corrected chi connectivity index (χ1v) is 11.2. The van der Waals surface area contributed by atoms with Crippen LogP contribution < -0.4 is 0 Å². The molecule has 30 heavy (non-hydrogen) atoms. The van der Waals surface area contributed by atoms with Gasteiger partial charge >= 0.3 is 5.97 Å².